The summed E-state index contributed by atoms with van der Waals surface area (Å²) in [5.74, 6) is 0. The Labute approximate surface area is 81.4 Å². The van der Waals surface area contributed by atoms with Gasteiger partial charge in [0.1, 0.15) is 0 Å². The number of hydrogen-bond acceptors (Lipinski definition) is 4. The van der Waals surface area contributed by atoms with Crippen LogP contribution >= 0.6 is 0 Å². The van der Waals surface area contributed by atoms with Gasteiger partial charge in [0.15, 0.2) is 0 Å². The molecule has 0 radical (unpaired) electrons. The lowest BCUT2D eigenvalue weighted by Gasteiger charge is -1.83. The lowest BCUT2D eigenvalue weighted by Crippen LogP contribution is -1.85. The van der Waals surface area contributed by atoms with Crippen molar-refractivity contribution in [3.05, 3.63) is 0 Å². The van der Waals surface area contributed by atoms with Gasteiger partial charge in [0.2, 0.25) is 18.4 Å². The van der Waals surface area contributed by atoms with Gasteiger partial charge in [-0.1, -0.05) is 0 Å². The smallest absolute Gasteiger partial charge is 0.311 e. The van der Waals surface area contributed by atoms with Crippen LogP contribution in [0.1, 0.15) is 1.43 Å². The second kappa shape index (κ2) is 32.0. The van der Waals surface area contributed by atoms with Crippen molar-refractivity contribution in [3.63, 3.8) is 0 Å². The molecule has 0 aromatic rings. The van der Waals surface area contributed by atoms with Crippen LogP contribution in [0.4, 0.5) is 0 Å². The molecule has 0 aromatic carbocycles. The van der Waals surface area contributed by atoms with Crippen LogP contribution in [-0.4, -0.2) is 46.4 Å². The van der Waals surface area contributed by atoms with Crippen LogP contribution < -0.4 is 0 Å². The molecule has 8 heteroatoms. The average Bonchev–Trinajstić information content (AvgIpc) is 2.04. The van der Waals surface area contributed by atoms with Gasteiger partial charge in [-0.05, 0) is 0 Å². The molecule has 0 aromatic heterocycles. The maximum absolute atomic E-state index is 7.38. The molecule has 0 bridgehead atoms. The van der Waals surface area contributed by atoms with Crippen LogP contribution in [0.3, 0.4) is 0 Å². The SMILES string of the molecule is C#[Si]O.C#[Si]O.C#[Si]OO[Si]#C.[HH]. The molecule has 64 valence electrons. The van der Waals surface area contributed by atoms with Gasteiger partial charge in [0.25, 0.3) is 0 Å². The molecular weight excluding hydrogens is 224 g/mol. The monoisotopic (exact) mass is 232 g/mol. The van der Waals surface area contributed by atoms with E-state index in [2.05, 4.69) is 21.2 Å². The zero-order chi connectivity index (χ0) is 10.2. The molecule has 0 aliphatic carbocycles. The highest BCUT2D eigenvalue weighted by Gasteiger charge is 1.60. The standard InChI is InChI=1S/C2H2O2Si2.2CH2OSi.H2/c1-5-3-4-6-2;2*1-3-2;/h1-2H;2*1-2H;1H. The minimum atomic E-state index is -0.417. The average molecular weight is 232 g/mol. The lowest BCUT2D eigenvalue weighted by molar-refractivity contribution is -0.0883. The van der Waals surface area contributed by atoms with E-state index in [-0.39, 0.29) is 19.8 Å². The summed E-state index contributed by atoms with van der Waals surface area (Å²) in [6.45, 7) is 0. The lowest BCUT2D eigenvalue weighted by atomic mass is 12.0. The summed E-state index contributed by atoms with van der Waals surface area (Å²) in [6.07, 6.45) is 0. The van der Waals surface area contributed by atoms with Crippen molar-refractivity contribution in [2.24, 2.45) is 0 Å². The molecule has 0 unspecified atom stereocenters. The summed E-state index contributed by atoms with van der Waals surface area (Å²) in [4.78, 5) is 14.8. The van der Waals surface area contributed by atoms with Crippen molar-refractivity contribution in [2.75, 3.05) is 0 Å². The maximum Gasteiger partial charge on any atom is 0.311 e. The second-order valence-electron chi connectivity index (χ2n) is 0.661. The van der Waals surface area contributed by atoms with Crippen molar-refractivity contribution in [3.8, 4) is 24.0 Å². The largest absolute Gasteiger partial charge is 0.521 e. The third kappa shape index (κ3) is 129. The summed E-state index contributed by atoms with van der Waals surface area (Å²) in [7, 11) is -1.09. The summed E-state index contributed by atoms with van der Waals surface area (Å²) in [5, 5.41) is 0. The summed E-state index contributed by atoms with van der Waals surface area (Å²) >= 11 is 0. The fraction of sp³-hybridized carbons (Fsp3) is 0. The first-order chi connectivity index (χ1) is 5.74. The fourth-order valence-electron chi connectivity index (χ4n) is 0.0481. The molecule has 12 heavy (non-hydrogen) atoms. The van der Waals surface area contributed by atoms with Crippen molar-refractivity contribution in [1.29, 1.82) is 0 Å². The van der Waals surface area contributed by atoms with E-state index >= 15 is 0 Å². The van der Waals surface area contributed by atoms with Crippen LogP contribution in [0.25, 0.3) is 0 Å². The van der Waals surface area contributed by atoms with Gasteiger partial charge in [-0.15, -0.1) is 24.0 Å². The molecule has 0 saturated carbocycles. The Balaban J connectivity index is -0.0000000501. The zero-order valence-electron chi connectivity index (χ0n) is 6.02. The highest BCUT2D eigenvalue weighted by atomic mass is 28.2. The van der Waals surface area contributed by atoms with Crippen molar-refractivity contribution in [1.82, 2.24) is 0 Å². The van der Waals surface area contributed by atoms with E-state index in [0.29, 0.717) is 0 Å². The highest BCUT2D eigenvalue weighted by Crippen LogP contribution is 1.53. The molecule has 0 rings (SSSR count). The second-order valence-corrected chi connectivity index (χ2v) is 1.98. The van der Waals surface area contributed by atoms with Crippen LogP contribution in [0.15, 0.2) is 0 Å². The predicted molar refractivity (Wildman–Crippen MR) is 51.5 cm³/mol. The molecule has 0 saturated heterocycles. The highest BCUT2D eigenvalue weighted by molar-refractivity contribution is 6.15. The Morgan fingerprint density at radius 3 is 1.08 bits per heavy atom. The van der Waals surface area contributed by atoms with Crippen LogP contribution in [0, 0.1) is 24.0 Å². The van der Waals surface area contributed by atoms with E-state index < -0.39 is 18.4 Å². The minimum absolute atomic E-state index is 0. The minimum Gasteiger partial charge on any atom is -0.521 e. The first kappa shape index (κ1) is 17.3. The first-order valence-electron chi connectivity index (χ1n) is 2.18. The Hall–Kier alpha value is -0.812. The van der Waals surface area contributed by atoms with Gasteiger partial charge >= 0.3 is 18.4 Å². The van der Waals surface area contributed by atoms with Gasteiger partial charge in [-0.25, -0.2) is 0 Å². The van der Waals surface area contributed by atoms with E-state index in [9.17, 15) is 0 Å². The van der Waals surface area contributed by atoms with E-state index in [1.807, 2.05) is 0 Å². The summed E-state index contributed by atoms with van der Waals surface area (Å²) in [6, 6.07) is 18.5. The maximum atomic E-state index is 7.38. The van der Waals surface area contributed by atoms with Gasteiger partial charge in [-0.3, -0.25) is 0 Å². The Morgan fingerprint density at radius 2 is 1.00 bits per heavy atom. The Morgan fingerprint density at radius 1 is 0.833 bits per heavy atom. The van der Waals surface area contributed by atoms with Crippen molar-refractivity contribution < 1.29 is 20.2 Å². The van der Waals surface area contributed by atoms with E-state index in [1.54, 1.807) is 0 Å². The Kier molecular flexibility index (Phi) is 46.1. The third-order valence-electron chi connectivity index (χ3n) is 0.138. The number of hydrogen-bond donors (Lipinski definition) is 2. The summed E-state index contributed by atoms with van der Waals surface area (Å²) in [5.41, 5.74) is 0. The first-order valence-corrected chi connectivity index (χ1v) is 6.20. The van der Waals surface area contributed by atoms with Crippen molar-refractivity contribution in [2.45, 2.75) is 0 Å². The topological polar surface area (TPSA) is 58.9 Å². The van der Waals surface area contributed by atoms with Crippen LogP contribution in [0.2, 0.25) is 0 Å². The molecule has 0 heterocycles. The molecule has 0 fully saturated rings. The van der Waals surface area contributed by atoms with Gasteiger partial charge in [0, 0.05) is 1.43 Å². The quantitative estimate of drug-likeness (QED) is 0.237. The Bertz CT molecular complexity index is 204. The van der Waals surface area contributed by atoms with E-state index in [4.69, 9.17) is 21.6 Å². The van der Waals surface area contributed by atoms with Crippen LogP contribution in [-0.2, 0) is 9.15 Å². The van der Waals surface area contributed by atoms with E-state index in [0.717, 1.165) is 0 Å². The number of rotatable bonds is 1. The van der Waals surface area contributed by atoms with Crippen LogP contribution in [0.5, 0.6) is 0 Å². The third-order valence-corrected chi connectivity index (χ3v) is 0.664. The molecule has 0 aliphatic heterocycles. The predicted octanol–water partition coefficient (Wildman–Crippen LogP) is -2.03. The molecular formula is C4H8O4Si4. The molecule has 2 N–H and O–H groups in total. The van der Waals surface area contributed by atoms with Gasteiger partial charge < -0.3 is 18.7 Å². The van der Waals surface area contributed by atoms with Crippen molar-refractivity contribution >= 4 is 36.8 Å². The zero-order valence-corrected chi connectivity index (χ0v) is 10.0. The summed E-state index contributed by atoms with van der Waals surface area (Å²) < 4.78 is 8.35. The fourth-order valence-corrected chi connectivity index (χ4v) is 0.433. The van der Waals surface area contributed by atoms with Gasteiger partial charge in [-0.2, -0.15) is 0 Å². The molecule has 0 spiro atoms. The normalized spacial score (nSPS) is 3.33. The molecule has 0 amide bonds. The molecule has 0 atom stereocenters. The molecule has 4 nitrogen and oxygen atoms in total. The molecule has 0 aliphatic rings. The van der Waals surface area contributed by atoms with Gasteiger partial charge in [0.05, 0.1) is 0 Å². The van der Waals surface area contributed by atoms with E-state index in [1.165, 1.54) is 0 Å².